The van der Waals surface area contributed by atoms with Crippen molar-refractivity contribution >= 4 is 0 Å². The van der Waals surface area contributed by atoms with Gasteiger partial charge in [-0.2, -0.15) is 0 Å². The Hall–Kier alpha value is -0.920. The summed E-state index contributed by atoms with van der Waals surface area (Å²) < 4.78 is 5.45. The van der Waals surface area contributed by atoms with E-state index in [9.17, 15) is 0 Å². The molecule has 1 atom stereocenters. The Morgan fingerprint density at radius 2 is 1.69 bits per heavy atom. The van der Waals surface area contributed by atoms with Gasteiger partial charge in [-0.1, -0.05) is 39.2 Å². The van der Waals surface area contributed by atoms with Gasteiger partial charge in [0.25, 0.3) is 0 Å². The highest BCUT2D eigenvalue weighted by Gasteiger charge is 1.92. The molecule has 0 heterocycles. The minimum absolute atomic E-state index is 0.0516. The van der Waals surface area contributed by atoms with Crippen LogP contribution in [0.3, 0.4) is 0 Å². The lowest BCUT2D eigenvalue weighted by Gasteiger charge is -2.10. The minimum atomic E-state index is 0.0516. The molecule has 0 spiro atoms. The monoisotopic (exact) mass is 225 g/mol. The molecule has 0 amide bonds. The van der Waals surface area contributed by atoms with Crippen LogP contribution in [0, 0.1) is 0 Å². The highest BCUT2D eigenvalue weighted by atomic mass is 16.5. The van der Waals surface area contributed by atoms with Crippen LogP contribution in [0.4, 0.5) is 0 Å². The smallest absolute Gasteiger partial charge is 0.165 e. The standard InChI is InChI=1S/C14H27NO/c1-4-6-8-10-12-15-14(3)16-13-11-9-7-5-2/h10-15H,4-9H2,1-3H3. The van der Waals surface area contributed by atoms with E-state index in [0.717, 1.165) is 12.8 Å². The van der Waals surface area contributed by atoms with Crippen molar-refractivity contribution in [1.29, 1.82) is 0 Å². The van der Waals surface area contributed by atoms with Crippen molar-refractivity contribution in [2.45, 2.75) is 65.5 Å². The molecule has 0 fully saturated rings. The Balaban J connectivity index is 3.39. The van der Waals surface area contributed by atoms with E-state index in [1.54, 1.807) is 6.26 Å². The van der Waals surface area contributed by atoms with Gasteiger partial charge in [0, 0.05) is 0 Å². The molecule has 0 aliphatic rings. The molecule has 0 aromatic heterocycles. The van der Waals surface area contributed by atoms with E-state index in [-0.39, 0.29) is 6.23 Å². The second-order valence-corrected chi connectivity index (χ2v) is 4.00. The molecule has 0 aliphatic carbocycles. The molecule has 1 N–H and O–H groups in total. The van der Waals surface area contributed by atoms with E-state index in [0.29, 0.717) is 0 Å². The van der Waals surface area contributed by atoms with E-state index in [1.807, 2.05) is 13.1 Å². The van der Waals surface area contributed by atoms with Gasteiger partial charge in [0.2, 0.25) is 0 Å². The zero-order chi connectivity index (χ0) is 12.1. The maximum atomic E-state index is 5.45. The van der Waals surface area contributed by atoms with Crippen molar-refractivity contribution in [3.8, 4) is 0 Å². The van der Waals surface area contributed by atoms with Gasteiger partial charge in [0.15, 0.2) is 6.23 Å². The molecule has 0 saturated heterocycles. The van der Waals surface area contributed by atoms with Crippen LogP contribution in [0.2, 0.25) is 0 Å². The first kappa shape index (κ1) is 15.1. The van der Waals surface area contributed by atoms with Crippen molar-refractivity contribution < 1.29 is 4.74 Å². The average molecular weight is 225 g/mol. The molecule has 0 bridgehead atoms. The van der Waals surface area contributed by atoms with Crippen LogP contribution in [-0.2, 0) is 4.74 Å². The first-order valence-corrected chi connectivity index (χ1v) is 6.52. The zero-order valence-electron chi connectivity index (χ0n) is 11.0. The normalized spacial score (nSPS) is 13.4. The summed E-state index contributed by atoms with van der Waals surface area (Å²) in [5.74, 6) is 0. The number of nitrogens with one attached hydrogen (secondary N) is 1. The molecule has 0 radical (unpaired) electrons. The summed E-state index contributed by atoms with van der Waals surface area (Å²) in [5, 5.41) is 3.18. The molecule has 1 unspecified atom stereocenters. The topological polar surface area (TPSA) is 21.3 Å². The van der Waals surface area contributed by atoms with Gasteiger partial charge in [-0.3, -0.25) is 0 Å². The molecular formula is C14H27NO. The summed E-state index contributed by atoms with van der Waals surface area (Å²) in [6.07, 6.45) is 15.3. The molecule has 2 heteroatoms. The maximum Gasteiger partial charge on any atom is 0.165 e. The molecule has 94 valence electrons. The quantitative estimate of drug-likeness (QED) is 0.339. The van der Waals surface area contributed by atoms with E-state index >= 15 is 0 Å². The molecular weight excluding hydrogens is 198 g/mol. The van der Waals surface area contributed by atoms with Gasteiger partial charge in [0.1, 0.15) is 0 Å². The molecule has 0 aliphatic heterocycles. The lowest BCUT2D eigenvalue weighted by atomic mass is 10.2. The third-order valence-corrected chi connectivity index (χ3v) is 2.28. The third-order valence-electron chi connectivity index (χ3n) is 2.28. The summed E-state index contributed by atoms with van der Waals surface area (Å²) in [6.45, 7) is 6.41. The Bertz CT molecular complexity index is 167. The van der Waals surface area contributed by atoms with Crippen LogP contribution in [0.5, 0.6) is 0 Å². The highest BCUT2D eigenvalue weighted by Crippen LogP contribution is 1.97. The third kappa shape index (κ3) is 11.2. The maximum absolute atomic E-state index is 5.45. The van der Waals surface area contributed by atoms with E-state index in [2.05, 4.69) is 31.3 Å². The van der Waals surface area contributed by atoms with Crippen LogP contribution in [0.15, 0.2) is 24.6 Å². The fourth-order valence-corrected chi connectivity index (χ4v) is 1.21. The zero-order valence-corrected chi connectivity index (χ0v) is 11.0. The Labute approximate surface area is 101 Å². The highest BCUT2D eigenvalue weighted by molar-refractivity contribution is 4.81. The first-order chi connectivity index (χ1) is 7.81. The van der Waals surface area contributed by atoms with Crippen LogP contribution >= 0.6 is 0 Å². The molecule has 0 aromatic rings. The Kier molecular flexibility index (Phi) is 11.5. The van der Waals surface area contributed by atoms with Crippen molar-refractivity contribution in [2.75, 3.05) is 0 Å². The fraction of sp³-hybridized carbons (Fsp3) is 0.714. The van der Waals surface area contributed by atoms with Crippen LogP contribution < -0.4 is 5.32 Å². The van der Waals surface area contributed by atoms with Crippen LogP contribution in [0.1, 0.15) is 59.3 Å². The summed E-state index contributed by atoms with van der Waals surface area (Å²) >= 11 is 0. The summed E-state index contributed by atoms with van der Waals surface area (Å²) in [4.78, 5) is 0. The molecule has 0 aromatic carbocycles. The summed E-state index contributed by atoms with van der Waals surface area (Å²) in [6, 6.07) is 0. The minimum Gasteiger partial charge on any atom is -0.479 e. The van der Waals surface area contributed by atoms with E-state index in [4.69, 9.17) is 4.74 Å². The second-order valence-electron chi connectivity index (χ2n) is 4.00. The van der Waals surface area contributed by atoms with Crippen molar-refractivity contribution in [2.24, 2.45) is 0 Å². The number of allylic oxidation sites excluding steroid dienone is 2. The van der Waals surface area contributed by atoms with Crippen LogP contribution in [0.25, 0.3) is 0 Å². The predicted octanol–water partition coefficient (Wildman–Crippen LogP) is 4.35. The first-order valence-electron chi connectivity index (χ1n) is 6.52. The van der Waals surface area contributed by atoms with Crippen molar-refractivity contribution in [1.82, 2.24) is 5.32 Å². The number of hydrogen-bond acceptors (Lipinski definition) is 2. The van der Waals surface area contributed by atoms with E-state index < -0.39 is 0 Å². The van der Waals surface area contributed by atoms with Gasteiger partial charge >= 0.3 is 0 Å². The fourth-order valence-electron chi connectivity index (χ4n) is 1.21. The SMILES string of the molecule is CCCCC=CNC(C)OC=CCCCC. The van der Waals surface area contributed by atoms with Gasteiger partial charge in [0.05, 0.1) is 6.26 Å². The number of hydrogen-bond donors (Lipinski definition) is 1. The molecule has 0 saturated carbocycles. The van der Waals surface area contributed by atoms with Crippen molar-refractivity contribution in [3.05, 3.63) is 24.6 Å². The number of rotatable bonds is 10. The average Bonchev–Trinajstić information content (AvgIpc) is 2.28. The summed E-state index contributed by atoms with van der Waals surface area (Å²) in [5.41, 5.74) is 0. The Morgan fingerprint density at radius 3 is 2.31 bits per heavy atom. The molecule has 16 heavy (non-hydrogen) atoms. The lowest BCUT2D eigenvalue weighted by Crippen LogP contribution is -2.21. The van der Waals surface area contributed by atoms with Crippen molar-refractivity contribution in [3.63, 3.8) is 0 Å². The Morgan fingerprint density at radius 1 is 1.06 bits per heavy atom. The largest absolute Gasteiger partial charge is 0.479 e. The van der Waals surface area contributed by atoms with Gasteiger partial charge < -0.3 is 10.1 Å². The van der Waals surface area contributed by atoms with Crippen LogP contribution in [-0.4, -0.2) is 6.23 Å². The molecule has 2 nitrogen and oxygen atoms in total. The second kappa shape index (κ2) is 12.2. The summed E-state index contributed by atoms with van der Waals surface area (Å²) in [7, 11) is 0. The number of ether oxygens (including phenoxy) is 1. The predicted molar refractivity (Wildman–Crippen MR) is 71.0 cm³/mol. The van der Waals surface area contributed by atoms with E-state index in [1.165, 1.54) is 25.7 Å². The molecule has 0 rings (SSSR count). The lowest BCUT2D eigenvalue weighted by molar-refractivity contribution is 0.142. The number of unbranched alkanes of at least 4 members (excludes halogenated alkanes) is 4. The van der Waals surface area contributed by atoms with Gasteiger partial charge in [-0.05, 0) is 38.5 Å². The van der Waals surface area contributed by atoms with Gasteiger partial charge in [-0.15, -0.1) is 0 Å². The van der Waals surface area contributed by atoms with Gasteiger partial charge in [-0.25, -0.2) is 0 Å².